The molecule has 1 aliphatic heterocycles. The Kier molecular flexibility index (Phi) is 13.8. The number of rotatable bonds is 12. The van der Waals surface area contributed by atoms with E-state index in [-0.39, 0.29) is 56.8 Å². The smallest absolute Gasteiger partial charge is 0.407 e. The first-order valence-electron chi connectivity index (χ1n) is 19.5. The maximum atomic E-state index is 13.5. The van der Waals surface area contributed by atoms with Gasteiger partial charge in [-0.3, -0.25) is 9.59 Å². The lowest BCUT2D eigenvalue weighted by Crippen LogP contribution is -2.51. The number of hydrogen-bond donors (Lipinski definition) is 4. The van der Waals surface area contributed by atoms with Crippen LogP contribution in [-0.4, -0.2) is 66.4 Å². The zero-order valence-corrected chi connectivity index (χ0v) is 32.4. The summed E-state index contributed by atoms with van der Waals surface area (Å²) in [6.07, 6.45) is 4.09. The molecule has 2 aliphatic rings. The third kappa shape index (κ3) is 11.3. The number of ether oxygens (including phenoxy) is 3. The molecule has 57 heavy (non-hydrogen) atoms. The largest absolute Gasteiger partial charge is 0.489 e. The third-order valence-corrected chi connectivity index (χ3v) is 10.2. The number of fused-ring (bicyclic) bond motifs is 3. The van der Waals surface area contributed by atoms with Gasteiger partial charge in [-0.25, -0.2) is 9.59 Å². The summed E-state index contributed by atoms with van der Waals surface area (Å²) in [6.45, 7) is 3.56. The van der Waals surface area contributed by atoms with Crippen LogP contribution < -0.4 is 20.7 Å². The Morgan fingerprint density at radius 2 is 1.54 bits per heavy atom. The Balaban J connectivity index is 1.01. The van der Waals surface area contributed by atoms with E-state index in [4.69, 9.17) is 14.2 Å². The number of alkyl carbamates (subject to hydrolysis) is 1. The van der Waals surface area contributed by atoms with Crippen LogP contribution in [0.3, 0.4) is 0 Å². The molecule has 1 heterocycles. The number of aliphatic hydroxyl groups excluding tert-OH is 1. The van der Waals surface area contributed by atoms with E-state index in [1.807, 2.05) is 103 Å². The molecule has 1 aliphatic carbocycles. The van der Waals surface area contributed by atoms with Crippen molar-refractivity contribution in [3.8, 4) is 16.9 Å². The van der Waals surface area contributed by atoms with Gasteiger partial charge in [0.25, 0.3) is 0 Å². The summed E-state index contributed by atoms with van der Waals surface area (Å²) in [6, 6.07) is 31.9. The van der Waals surface area contributed by atoms with Crippen molar-refractivity contribution in [2.24, 2.45) is 5.92 Å². The van der Waals surface area contributed by atoms with E-state index < -0.39 is 35.6 Å². The van der Waals surface area contributed by atoms with E-state index in [0.29, 0.717) is 25.2 Å². The van der Waals surface area contributed by atoms with Crippen LogP contribution in [0.15, 0.2) is 115 Å². The van der Waals surface area contributed by atoms with Crippen molar-refractivity contribution in [2.75, 3.05) is 19.8 Å². The van der Waals surface area contributed by atoms with E-state index in [1.165, 1.54) is 0 Å². The average molecular weight is 774 g/mol. The van der Waals surface area contributed by atoms with Crippen LogP contribution in [0.4, 0.5) is 4.79 Å². The predicted molar refractivity (Wildman–Crippen MR) is 216 cm³/mol. The fourth-order valence-electron chi connectivity index (χ4n) is 7.20. The highest BCUT2D eigenvalue weighted by atomic mass is 16.6. The van der Waals surface area contributed by atoms with Crippen molar-refractivity contribution in [3.63, 3.8) is 0 Å². The van der Waals surface area contributed by atoms with Gasteiger partial charge in [0.05, 0.1) is 24.1 Å². The molecule has 4 N–H and O–H groups in total. The van der Waals surface area contributed by atoms with Crippen molar-refractivity contribution >= 4 is 23.9 Å². The van der Waals surface area contributed by atoms with Gasteiger partial charge in [-0.05, 0) is 85.0 Å². The lowest BCUT2D eigenvalue weighted by molar-refractivity contribution is -0.149. The topological polar surface area (TPSA) is 152 Å². The van der Waals surface area contributed by atoms with Crippen molar-refractivity contribution in [1.29, 1.82) is 0 Å². The Labute approximate surface area is 333 Å². The number of hydrogen-bond acceptors (Lipinski definition) is 8. The minimum absolute atomic E-state index is 0.104. The summed E-state index contributed by atoms with van der Waals surface area (Å²) in [7, 11) is 0. The summed E-state index contributed by atoms with van der Waals surface area (Å²) in [5.74, 6) is -1.51. The van der Waals surface area contributed by atoms with E-state index in [1.54, 1.807) is 13.8 Å². The highest BCUT2D eigenvalue weighted by Gasteiger charge is 2.32. The standard InChI is InChI=1S/C46H51N3O8/c1-46(2)30-57-44(53)41(48-45(54)56-29-40-38-18-11-9-16-36(38)37-17-10-12-19-39(37)40)20-8-4-7-15-33(43(52)49-46)26-42(51)47-34(27-50)25-31-21-23-35(24-22-31)55-28-32-13-5-3-6-14-32/h3-7,9-14,16-19,21-24,33-34,40-41,50H,8,15,20,25-30H2,1-2H3,(H,47,51)(H,48,54)(H,49,52). The van der Waals surface area contributed by atoms with Gasteiger partial charge in [0, 0.05) is 12.3 Å². The van der Waals surface area contributed by atoms with Crippen molar-refractivity contribution in [1.82, 2.24) is 16.0 Å². The lowest BCUT2D eigenvalue weighted by Gasteiger charge is -2.29. The van der Waals surface area contributed by atoms with Gasteiger partial charge in [-0.15, -0.1) is 0 Å². The number of carbonyl (C=O) groups excluding carboxylic acids is 4. The lowest BCUT2D eigenvalue weighted by atomic mass is 9.96. The maximum Gasteiger partial charge on any atom is 0.407 e. The third-order valence-electron chi connectivity index (χ3n) is 10.2. The summed E-state index contributed by atoms with van der Waals surface area (Å²) in [5, 5.41) is 18.6. The summed E-state index contributed by atoms with van der Waals surface area (Å²) in [4.78, 5) is 53.1. The Morgan fingerprint density at radius 3 is 2.23 bits per heavy atom. The SMILES string of the molecule is CC1(C)COC(=O)C(NC(=O)OCC2c3ccccc3-c3ccccc32)CCC=CCC(CC(=O)NC(CO)Cc2ccc(OCc3ccccc3)cc2)C(=O)N1. The number of benzene rings is 4. The van der Waals surface area contributed by atoms with Gasteiger partial charge in [-0.2, -0.15) is 0 Å². The Morgan fingerprint density at radius 1 is 0.877 bits per heavy atom. The second-order valence-corrected chi connectivity index (χ2v) is 15.3. The molecule has 11 heteroatoms. The molecule has 3 atom stereocenters. The molecule has 11 nitrogen and oxygen atoms in total. The van der Waals surface area contributed by atoms with Gasteiger partial charge in [-0.1, -0.05) is 103 Å². The van der Waals surface area contributed by atoms with Gasteiger partial charge in [0.15, 0.2) is 0 Å². The molecular weight excluding hydrogens is 723 g/mol. The monoisotopic (exact) mass is 773 g/mol. The van der Waals surface area contributed by atoms with Crippen LogP contribution in [0.1, 0.15) is 67.7 Å². The molecular formula is C46H51N3O8. The molecule has 0 spiro atoms. The first-order valence-corrected chi connectivity index (χ1v) is 19.5. The van der Waals surface area contributed by atoms with Gasteiger partial charge in [0.2, 0.25) is 11.8 Å². The van der Waals surface area contributed by atoms with Gasteiger partial charge in [0.1, 0.15) is 31.6 Å². The number of amides is 3. The molecule has 3 amide bonds. The normalized spacial score (nSPS) is 18.6. The number of esters is 1. The molecule has 6 rings (SSSR count). The summed E-state index contributed by atoms with van der Waals surface area (Å²) < 4.78 is 17.2. The molecule has 4 aromatic carbocycles. The molecule has 0 bridgehead atoms. The predicted octanol–water partition coefficient (Wildman–Crippen LogP) is 6.38. The molecule has 3 unspecified atom stereocenters. The first kappa shape index (κ1) is 40.7. The molecule has 0 radical (unpaired) electrons. The average Bonchev–Trinajstić information content (AvgIpc) is 3.54. The van der Waals surface area contributed by atoms with E-state index >= 15 is 0 Å². The molecule has 0 aromatic heterocycles. The van der Waals surface area contributed by atoms with Gasteiger partial charge < -0.3 is 35.3 Å². The minimum Gasteiger partial charge on any atom is -0.489 e. The number of aliphatic hydroxyl groups is 1. The number of allylic oxidation sites excluding steroid dienone is 2. The van der Waals surface area contributed by atoms with Crippen molar-refractivity contribution in [3.05, 3.63) is 138 Å². The van der Waals surface area contributed by atoms with Crippen molar-refractivity contribution in [2.45, 2.75) is 76.1 Å². The van der Waals surface area contributed by atoms with E-state index in [9.17, 15) is 24.3 Å². The van der Waals surface area contributed by atoms with E-state index in [2.05, 4.69) is 28.1 Å². The summed E-state index contributed by atoms with van der Waals surface area (Å²) >= 11 is 0. The molecule has 0 saturated carbocycles. The molecule has 0 saturated heterocycles. The van der Waals surface area contributed by atoms with E-state index in [0.717, 1.165) is 33.4 Å². The van der Waals surface area contributed by atoms with Gasteiger partial charge >= 0.3 is 12.1 Å². The molecule has 4 aromatic rings. The second kappa shape index (κ2) is 19.3. The van der Waals surface area contributed by atoms with Crippen LogP contribution in [0.25, 0.3) is 11.1 Å². The molecule has 0 fully saturated rings. The highest BCUT2D eigenvalue weighted by Crippen LogP contribution is 2.44. The minimum atomic E-state index is -0.979. The fraction of sp³-hybridized carbons (Fsp3) is 0.348. The van der Waals surface area contributed by atoms with Crippen LogP contribution in [0, 0.1) is 5.92 Å². The number of cyclic esters (lactones) is 1. The maximum absolute atomic E-state index is 13.5. The van der Waals surface area contributed by atoms with Crippen molar-refractivity contribution < 1.29 is 38.5 Å². The first-order chi connectivity index (χ1) is 27.6. The fourth-order valence-corrected chi connectivity index (χ4v) is 7.20. The Hall–Kier alpha value is -5.94. The quantitative estimate of drug-likeness (QED) is 0.0957. The van der Waals surface area contributed by atoms with Crippen LogP contribution in [0.2, 0.25) is 0 Å². The number of nitrogens with one attached hydrogen (secondary N) is 3. The highest BCUT2D eigenvalue weighted by molar-refractivity contribution is 5.87. The molecule has 298 valence electrons. The number of carbonyl (C=O) groups is 4. The summed E-state index contributed by atoms with van der Waals surface area (Å²) in [5.41, 5.74) is 5.39. The second-order valence-electron chi connectivity index (χ2n) is 15.3. The van der Waals surface area contributed by atoms with Crippen LogP contribution >= 0.6 is 0 Å². The van der Waals surface area contributed by atoms with Crippen LogP contribution in [0.5, 0.6) is 5.75 Å². The van der Waals surface area contributed by atoms with Crippen LogP contribution in [-0.2, 0) is 36.9 Å². The zero-order valence-electron chi connectivity index (χ0n) is 32.4. The Bertz CT molecular complexity index is 1990. The zero-order chi connectivity index (χ0) is 40.2.